The van der Waals surface area contributed by atoms with Crippen LogP contribution in [0.3, 0.4) is 0 Å². The molecule has 1 aromatic heterocycles. The van der Waals surface area contributed by atoms with E-state index in [0.717, 1.165) is 49.7 Å². The Bertz CT molecular complexity index is 754. The van der Waals surface area contributed by atoms with Gasteiger partial charge in [-0.3, -0.25) is 9.69 Å². The molecule has 0 aliphatic carbocycles. The first-order valence-electron chi connectivity index (χ1n) is 9.23. The molecule has 0 spiro atoms. The molecule has 0 unspecified atom stereocenters. The Morgan fingerprint density at radius 2 is 1.88 bits per heavy atom. The summed E-state index contributed by atoms with van der Waals surface area (Å²) < 4.78 is 5.27. The molecule has 1 amide bonds. The maximum atomic E-state index is 12.4. The predicted molar refractivity (Wildman–Crippen MR) is 103 cm³/mol. The Balaban J connectivity index is 1.48. The fourth-order valence-electron chi connectivity index (χ4n) is 3.10. The van der Waals surface area contributed by atoms with Crippen molar-refractivity contribution in [2.24, 2.45) is 0 Å². The van der Waals surface area contributed by atoms with E-state index in [4.69, 9.17) is 4.52 Å². The number of aromatic nitrogens is 1. The minimum absolute atomic E-state index is 0.0769. The molecule has 0 saturated carbocycles. The fourth-order valence-corrected chi connectivity index (χ4v) is 3.10. The third-order valence-electron chi connectivity index (χ3n) is 4.76. The first-order valence-corrected chi connectivity index (χ1v) is 9.23. The maximum Gasteiger partial charge on any atom is 0.246 e. The van der Waals surface area contributed by atoms with Gasteiger partial charge in [0, 0.05) is 38.3 Å². The van der Waals surface area contributed by atoms with E-state index in [1.807, 2.05) is 24.0 Å². The molecule has 138 valence electrons. The van der Waals surface area contributed by atoms with E-state index in [1.54, 1.807) is 6.08 Å². The summed E-state index contributed by atoms with van der Waals surface area (Å²) in [4.78, 5) is 16.6. The highest BCUT2D eigenvalue weighted by Gasteiger charge is 2.20. The molecule has 3 rings (SSSR count). The van der Waals surface area contributed by atoms with E-state index in [1.165, 1.54) is 5.56 Å². The van der Waals surface area contributed by atoms with Gasteiger partial charge in [0.1, 0.15) is 0 Å². The molecule has 0 atom stereocenters. The Kier molecular flexibility index (Phi) is 5.89. The SMILES string of the molecule is Cc1cc(CN2CCN(C(=O)/C=C/c3ccc(C(C)C)cc3)CC2)on1. The second kappa shape index (κ2) is 8.32. The van der Waals surface area contributed by atoms with E-state index in [9.17, 15) is 4.79 Å². The molecule has 26 heavy (non-hydrogen) atoms. The van der Waals surface area contributed by atoms with Crippen molar-refractivity contribution in [1.29, 1.82) is 0 Å². The third-order valence-corrected chi connectivity index (χ3v) is 4.76. The van der Waals surface area contributed by atoms with Gasteiger partial charge >= 0.3 is 0 Å². The summed E-state index contributed by atoms with van der Waals surface area (Å²) in [5.74, 6) is 1.48. The highest BCUT2D eigenvalue weighted by molar-refractivity contribution is 5.91. The predicted octanol–water partition coefficient (Wildman–Crippen LogP) is 3.46. The fraction of sp³-hybridized carbons (Fsp3) is 0.429. The van der Waals surface area contributed by atoms with Gasteiger partial charge in [-0.1, -0.05) is 43.3 Å². The summed E-state index contributed by atoms with van der Waals surface area (Å²) in [6, 6.07) is 10.3. The molecule has 5 nitrogen and oxygen atoms in total. The van der Waals surface area contributed by atoms with Crippen LogP contribution < -0.4 is 0 Å². The number of hydrogen-bond acceptors (Lipinski definition) is 4. The Morgan fingerprint density at radius 1 is 1.19 bits per heavy atom. The average molecular weight is 353 g/mol. The number of nitrogens with zero attached hydrogens (tertiary/aromatic N) is 3. The number of benzene rings is 1. The number of aryl methyl sites for hydroxylation is 1. The minimum atomic E-state index is 0.0769. The molecule has 2 heterocycles. The molecule has 1 fully saturated rings. The van der Waals surface area contributed by atoms with Crippen molar-refractivity contribution < 1.29 is 9.32 Å². The highest BCUT2D eigenvalue weighted by Crippen LogP contribution is 2.15. The maximum absolute atomic E-state index is 12.4. The largest absolute Gasteiger partial charge is 0.360 e. The van der Waals surface area contributed by atoms with E-state index < -0.39 is 0 Å². The second-order valence-electron chi connectivity index (χ2n) is 7.19. The standard InChI is InChI=1S/C21H27N3O2/c1-16(2)19-7-4-18(5-8-19)6-9-21(25)24-12-10-23(11-13-24)15-20-14-17(3)22-26-20/h4-9,14,16H,10-13,15H2,1-3H3/b9-6+. The monoisotopic (exact) mass is 353 g/mol. The van der Waals surface area contributed by atoms with Crippen molar-refractivity contribution >= 4 is 12.0 Å². The minimum Gasteiger partial charge on any atom is -0.360 e. The topological polar surface area (TPSA) is 49.6 Å². The van der Waals surface area contributed by atoms with E-state index in [2.05, 4.69) is 48.2 Å². The number of piperazine rings is 1. The van der Waals surface area contributed by atoms with Crippen LogP contribution in [0.5, 0.6) is 0 Å². The molecule has 5 heteroatoms. The number of carbonyl (C=O) groups excluding carboxylic acids is 1. The smallest absolute Gasteiger partial charge is 0.246 e. The van der Waals surface area contributed by atoms with E-state index >= 15 is 0 Å². The highest BCUT2D eigenvalue weighted by atomic mass is 16.5. The van der Waals surface area contributed by atoms with Crippen LogP contribution in [0.4, 0.5) is 0 Å². The molecule has 1 aromatic carbocycles. The van der Waals surface area contributed by atoms with Crippen LogP contribution in [0, 0.1) is 6.92 Å². The molecule has 2 aromatic rings. The van der Waals surface area contributed by atoms with Gasteiger partial charge in [-0.2, -0.15) is 0 Å². The zero-order chi connectivity index (χ0) is 18.5. The molecule has 0 radical (unpaired) electrons. The van der Waals surface area contributed by atoms with Gasteiger partial charge in [-0.15, -0.1) is 0 Å². The van der Waals surface area contributed by atoms with Crippen molar-refractivity contribution in [2.45, 2.75) is 33.2 Å². The summed E-state index contributed by atoms with van der Waals surface area (Å²) in [7, 11) is 0. The van der Waals surface area contributed by atoms with Crippen LogP contribution in [-0.4, -0.2) is 47.0 Å². The summed E-state index contributed by atoms with van der Waals surface area (Å²) in [6.45, 7) is 10.2. The Hall–Kier alpha value is -2.40. The van der Waals surface area contributed by atoms with Crippen LogP contribution >= 0.6 is 0 Å². The normalized spacial score (nSPS) is 15.9. The quantitative estimate of drug-likeness (QED) is 0.773. The molecule has 0 N–H and O–H groups in total. The molecule has 0 bridgehead atoms. The average Bonchev–Trinajstić information content (AvgIpc) is 3.05. The van der Waals surface area contributed by atoms with Gasteiger partial charge in [0.2, 0.25) is 5.91 Å². The lowest BCUT2D eigenvalue weighted by Gasteiger charge is -2.33. The number of hydrogen-bond donors (Lipinski definition) is 0. The number of rotatable bonds is 5. The number of carbonyl (C=O) groups is 1. The lowest BCUT2D eigenvalue weighted by atomic mass is 10.0. The summed E-state index contributed by atoms with van der Waals surface area (Å²) in [5.41, 5.74) is 3.27. The van der Waals surface area contributed by atoms with E-state index in [0.29, 0.717) is 5.92 Å². The summed E-state index contributed by atoms with van der Waals surface area (Å²) >= 11 is 0. The molecule has 1 aliphatic rings. The lowest BCUT2D eigenvalue weighted by Crippen LogP contribution is -2.47. The molecular weight excluding hydrogens is 326 g/mol. The van der Waals surface area contributed by atoms with Gasteiger partial charge < -0.3 is 9.42 Å². The lowest BCUT2D eigenvalue weighted by molar-refractivity contribution is -0.127. The van der Waals surface area contributed by atoms with Gasteiger partial charge in [0.05, 0.1) is 12.2 Å². The summed E-state index contributed by atoms with van der Waals surface area (Å²) in [5, 5.41) is 3.92. The van der Waals surface area contributed by atoms with Crippen LogP contribution in [0.25, 0.3) is 6.08 Å². The second-order valence-corrected chi connectivity index (χ2v) is 7.19. The zero-order valence-corrected chi connectivity index (χ0v) is 15.8. The van der Waals surface area contributed by atoms with Crippen LogP contribution in [0.2, 0.25) is 0 Å². The van der Waals surface area contributed by atoms with Crippen molar-refractivity contribution in [2.75, 3.05) is 26.2 Å². The van der Waals surface area contributed by atoms with Crippen LogP contribution in [0.15, 0.2) is 40.9 Å². The van der Waals surface area contributed by atoms with Crippen LogP contribution in [0.1, 0.15) is 42.3 Å². The first-order chi connectivity index (χ1) is 12.5. The van der Waals surface area contributed by atoms with E-state index in [-0.39, 0.29) is 5.91 Å². The molecule has 1 saturated heterocycles. The van der Waals surface area contributed by atoms with Gasteiger partial charge in [-0.05, 0) is 30.0 Å². The van der Waals surface area contributed by atoms with Gasteiger partial charge in [0.25, 0.3) is 0 Å². The third kappa shape index (κ3) is 4.82. The van der Waals surface area contributed by atoms with Crippen molar-refractivity contribution in [1.82, 2.24) is 15.0 Å². The van der Waals surface area contributed by atoms with Crippen molar-refractivity contribution in [3.63, 3.8) is 0 Å². The number of amides is 1. The molecule has 1 aliphatic heterocycles. The van der Waals surface area contributed by atoms with Crippen molar-refractivity contribution in [3.8, 4) is 0 Å². The van der Waals surface area contributed by atoms with Crippen LogP contribution in [-0.2, 0) is 11.3 Å². The van der Waals surface area contributed by atoms with Gasteiger partial charge in [0.15, 0.2) is 5.76 Å². The first kappa shape index (κ1) is 18.4. The summed E-state index contributed by atoms with van der Waals surface area (Å²) in [6.07, 6.45) is 3.58. The van der Waals surface area contributed by atoms with Gasteiger partial charge in [-0.25, -0.2) is 0 Å². The zero-order valence-electron chi connectivity index (χ0n) is 15.8. The Labute approximate surface area is 155 Å². The molecular formula is C21H27N3O2. The Morgan fingerprint density at radius 3 is 2.46 bits per heavy atom. The van der Waals surface area contributed by atoms with Crippen molar-refractivity contribution in [3.05, 3.63) is 59.0 Å².